The predicted octanol–water partition coefficient (Wildman–Crippen LogP) is 2.79. The van der Waals surface area contributed by atoms with Crippen molar-refractivity contribution in [3.8, 4) is 0 Å². The number of rotatable bonds is 5. The Morgan fingerprint density at radius 1 is 1.16 bits per heavy atom. The molecule has 6 heteroatoms. The van der Waals surface area contributed by atoms with E-state index in [-0.39, 0.29) is 12.1 Å². The van der Waals surface area contributed by atoms with Crippen LogP contribution in [0.1, 0.15) is 17.0 Å². The summed E-state index contributed by atoms with van der Waals surface area (Å²) in [4.78, 5) is 29.8. The lowest BCUT2D eigenvalue weighted by molar-refractivity contribution is -0.118. The van der Waals surface area contributed by atoms with Crippen LogP contribution in [0.25, 0.3) is 10.9 Å². The molecule has 0 saturated heterocycles. The van der Waals surface area contributed by atoms with E-state index >= 15 is 0 Å². The second-order valence-corrected chi connectivity index (χ2v) is 6.99. The molecule has 1 aromatic heterocycles. The minimum absolute atomic E-state index is 0.167. The molecule has 0 fully saturated rings. The van der Waals surface area contributed by atoms with E-state index in [4.69, 9.17) is 5.73 Å². The minimum Gasteiger partial charge on any atom is -0.368 e. The number of aromatic nitrogens is 2. The third-order valence-electron chi connectivity index (χ3n) is 4.10. The van der Waals surface area contributed by atoms with Crippen LogP contribution < -0.4 is 11.3 Å². The molecule has 0 radical (unpaired) electrons. The maximum atomic E-state index is 12.7. The lowest BCUT2D eigenvalue weighted by Crippen LogP contribution is -2.31. The fourth-order valence-corrected chi connectivity index (χ4v) is 3.54. The number of carbonyl (C=O) groups excluding carboxylic acids is 1. The number of primary amides is 1. The molecule has 128 valence electrons. The Balaban J connectivity index is 1.99. The molecule has 0 aliphatic heterocycles. The van der Waals surface area contributed by atoms with E-state index in [0.29, 0.717) is 22.5 Å². The SMILES string of the molecule is Cc1ccc(SCc2nc3ccccc3c(=O)n2CC(N)=O)cc1C. The Morgan fingerprint density at radius 2 is 1.92 bits per heavy atom. The smallest absolute Gasteiger partial charge is 0.261 e. The van der Waals surface area contributed by atoms with Crippen LogP contribution in [0.15, 0.2) is 52.2 Å². The van der Waals surface area contributed by atoms with E-state index in [0.717, 1.165) is 4.90 Å². The number of thioether (sulfide) groups is 1. The molecule has 0 saturated carbocycles. The van der Waals surface area contributed by atoms with Crippen molar-refractivity contribution in [1.82, 2.24) is 9.55 Å². The molecule has 3 aromatic rings. The number of hydrogen-bond acceptors (Lipinski definition) is 4. The summed E-state index contributed by atoms with van der Waals surface area (Å²) in [6.45, 7) is 3.97. The Bertz CT molecular complexity index is 1010. The van der Waals surface area contributed by atoms with Crippen LogP contribution in [-0.2, 0) is 17.1 Å². The first-order valence-electron chi connectivity index (χ1n) is 7.92. The highest BCUT2D eigenvalue weighted by Gasteiger charge is 2.13. The summed E-state index contributed by atoms with van der Waals surface area (Å²) in [5.74, 6) is 0.470. The van der Waals surface area contributed by atoms with Crippen LogP contribution in [0, 0.1) is 13.8 Å². The van der Waals surface area contributed by atoms with E-state index in [1.54, 1.807) is 30.0 Å². The third-order valence-corrected chi connectivity index (χ3v) is 5.09. The molecule has 0 atom stereocenters. The summed E-state index contributed by atoms with van der Waals surface area (Å²) in [5.41, 5.74) is 8.16. The van der Waals surface area contributed by atoms with Gasteiger partial charge in [0.25, 0.3) is 5.56 Å². The maximum Gasteiger partial charge on any atom is 0.261 e. The molecule has 1 amide bonds. The summed E-state index contributed by atoms with van der Waals surface area (Å²) < 4.78 is 1.37. The predicted molar refractivity (Wildman–Crippen MR) is 101 cm³/mol. The standard InChI is InChI=1S/C19H19N3O2S/c1-12-7-8-14(9-13(12)2)25-11-18-21-16-6-4-3-5-15(16)19(24)22(18)10-17(20)23/h3-9H,10-11H2,1-2H3,(H2,20,23). The molecule has 0 bridgehead atoms. The summed E-state index contributed by atoms with van der Waals surface area (Å²) in [6.07, 6.45) is 0. The first-order valence-corrected chi connectivity index (χ1v) is 8.91. The number of fused-ring (bicyclic) bond motifs is 1. The van der Waals surface area contributed by atoms with Gasteiger partial charge in [-0.3, -0.25) is 14.2 Å². The highest BCUT2D eigenvalue weighted by atomic mass is 32.2. The van der Waals surface area contributed by atoms with Gasteiger partial charge in [-0.1, -0.05) is 18.2 Å². The fourth-order valence-electron chi connectivity index (χ4n) is 2.59. The second kappa shape index (κ2) is 7.11. The summed E-state index contributed by atoms with van der Waals surface area (Å²) >= 11 is 1.58. The molecule has 0 spiro atoms. The monoisotopic (exact) mass is 353 g/mol. The lowest BCUT2D eigenvalue weighted by Gasteiger charge is -2.12. The van der Waals surface area contributed by atoms with E-state index in [2.05, 4.69) is 31.0 Å². The van der Waals surface area contributed by atoms with Gasteiger partial charge in [-0.05, 0) is 49.2 Å². The molecule has 0 aliphatic rings. The summed E-state index contributed by atoms with van der Waals surface area (Å²) in [5, 5.41) is 0.490. The zero-order chi connectivity index (χ0) is 18.0. The van der Waals surface area contributed by atoms with Crippen molar-refractivity contribution in [2.45, 2.75) is 31.0 Å². The molecule has 3 rings (SSSR count). The van der Waals surface area contributed by atoms with Gasteiger partial charge >= 0.3 is 0 Å². The van der Waals surface area contributed by atoms with Crippen molar-refractivity contribution in [2.24, 2.45) is 5.73 Å². The topological polar surface area (TPSA) is 78.0 Å². The van der Waals surface area contributed by atoms with E-state index in [1.807, 2.05) is 12.1 Å². The second-order valence-electron chi connectivity index (χ2n) is 5.94. The van der Waals surface area contributed by atoms with Gasteiger partial charge in [0.2, 0.25) is 5.91 Å². The van der Waals surface area contributed by atoms with Gasteiger partial charge in [-0.15, -0.1) is 11.8 Å². The quantitative estimate of drug-likeness (QED) is 0.716. The van der Waals surface area contributed by atoms with Crippen LogP contribution in [0.5, 0.6) is 0 Å². The Hall–Kier alpha value is -2.60. The van der Waals surface area contributed by atoms with Gasteiger partial charge in [0.05, 0.1) is 16.7 Å². The number of nitrogens with two attached hydrogens (primary N) is 1. The normalized spacial score (nSPS) is 11.0. The molecule has 25 heavy (non-hydrogen) atoms. The molecule has 0 unspecified atom stereocenters. The van der Waals surface area contributed by atoms with E-state index in [1.165, 1.54) is 15.7 Å². The average molecular weight is 353 g/mol. The number of benzene rings is 2. The van der Waals surface area contributed by atoms with Gasteiger partial charge in [0, 0.05) is 4.90 Å². The number of para-hydroxylation sites is 1. The number of carbonyl (C=O) groups is 1. The molecule has 2 N–H and O–H groups in total. The van der Waals surface area contributed by atoms with Crippen LogP contribution in [0.3, 0.4) is 0 Å². The summed E-state index contributed by atoms with van der Waals surface area (Å²) in [7, 11) is 0. The van der Waals surface area contributed by atoms with Crippen LogP contribution in [-0.4, -0.2) is 15.5 Å². The molecular weight excluding hydrogens is 334 g/mol. The van der Waals surface area contributed by atoms with Crippen molar-refractivity contribution < 1.29 is 4.79 Å². The van der Waals surface area contributed by atoms with Gasteiger partial charge in [-0.25, -0.2) is 4.98 Å². The first kappa shape index (κ1) is 17.2. The van der Waals surface area contributed by atoms with Gasteiger partial charge in [-0.2, -0.15) is 0 Å². The summed E-state index contributed by atoms with van der Waals surface area (Å²) in [6, 6.07) is 13.4. The van der Waals surface area contributed by atoms with Crippen molar-refractivity contribution >= 4 is 28.6 Å². The van der Waals surface area contributed by atoms with Gasteiger partial charge < -0.3 is 5.73 Å². The fraction of sp³-hybridized carbons (Fsp3) is 0.211. The first-order chi connectivity index (χ1) is 12.0. The average Bonchev–Trinajstić information content (AvgIpc) is 2.58. The Labute approximate surface area is 149 Å². The van der Waals surface area contributed by atoms with Crippen LogP contribution >= 0.6 is 11.8 Å². The molecule has 0 aliphatic carbocycles. The molecule has 5 nitrogen and oxygen atoms in total. The maximum absolute atomic E-state index is 12.7. The Morgan fingerprint density at radius 3 is 2.64 bits per heavy atom. The molecular formula is C19H19N3O2S. The van der Waals surface area contributed by atoms with E-state index < -0.39 is 5.91 Å². The third kappa shape index (κ3) is 3.74. The highest BCUT2D eigenvalue weighted by molar-refractivity contribution is 7.98. The Kier molecular flexibility index (Phi) is 4.90. The largest absolute Gasteiger partial charge is 0.368 e. The number of aryl methyl sites for hydroxylation is 2. The molecule has 1 heterocycles. The molecule has 2 aromatic carbocycles. The number of hydrogen-bond donors (Lipinski definition) is 1. The highest BCUT2D eigenvalue weighted by Crippen LogP contribution is 2.24. The van der Waals surface area contributed by atoms with Gasteiger partial charge in [0.15, 0.2) is 0 Å². The van der Waals surface area contributed by atoms with Crippen molar-refractivity contribution in [2.75, 3.05) is 0 Å². The number of amides is 1. The lowest BCUT2D eigenvalue weighted by atomic mass is 10.1. The minimum atomic E-state index is -0.559. The van der Waals surface area contributed by atoms with Crippen LogP contribution in [0.2, 0.25) is 0 Å². The van der Waals surface area contributed by atoms with E-state index in [9.17, 15) is 9.59 Å². The van der Waals surface area contributed by atoms with Gasteiger partial charge in [0.1, 0.15) is 12.4 Å². The zero-order valence-electron chi connectivity index (χ0n) is 14.2. The van der Waals surface area contributed by atoms with Crippen molar-refractivity contribution in [3.05, 3.63) is 69.8 Å². The van der Waals surface area contributed by atoms with Crippen molar-refractivity contribution in [3.63, 3.8) is 0 Å². The zero-order valence-corrected chi connectivity index (χ0v) is 15.0. The van der Waals surface area contributed by atoms with Crippen molar-refractivity contribution in [1.29, 1.82) is 0 Å². The van der Waals surface area contributed by atoms with Crippen LogP contribution in [0.4, 0.5) is 0 Å². The number of nitrogens with zero attached hydrogens (tertiary/aromatic N) is 2.